The van der Waals surface area contributed by atoms with Crippen LogP contribution in [-0.2, 0) is 19.0 Å². The molecular weight excluding hydrogens is 398 g/mol. The summed E-state index contributed by atoms with van der Waals surface area (Å²) in [7, 11) is 0. The van der Waals surface area contributed by atoms with Gasteiger partial charge in [0.25, 0.3) is 0 Å². The second-order valence-electron chi connectivity index (χ2n) is 8.42. The van der Waals surface area contributed by atoms with Gasteiger partial charge in [-0.2, -0.15) is 0 Å². The Kier molecular flexibility index (Phi) is 5.16. The minimum Gasteiger partial charge on any atom is -0.479 e. The van der Waals surface area contributed by atoms with Crippen molar-refractivity contribution in [2.24, 2.45) is 0 Å². The predicted molar refractivity (Wildman–Crippen MR) is 112 cm³/mol. The summed E-state index contributed by atoms with van der Waals surface area (Å²) in [4.78, 5) is 26.1. The van der Waals surface area contributed by atoms with Crippen molar-refractivity contribution < 1.29 is 28.9 Å². The van der Waals surface area contributed by atoms with Gasteiger partial charge >= 0.3 is 12.1 Å². The normalized spacial score (nSPS) is 22.1. The van der Waals surface area contributed by atoms with Crippen molar-refractivity contribution >= 4 is 12.1 Å². The summed E-state index contributed by atoms with van der Waals surface area (Å²) < 4.78 is 17.1. The molecule has 1 aliphatic carbocycles. The maximum atomic E-state index is 13.0. The Morgan fingerprint density at radius 3 is 2.26 bits per heavy atom. The third-order valence-corrected chi connectivity index (χ3v) is 6.53. The first-order valence-corrected chi connectivity index (χ1v) is 10.6. The lowest BCUT2D eigenvalue weighted by atomic mass is 9.91. The number of benzene rings is 2. The van der Waals surface area contributed by atoms with Gasteiger partial charge < -0.3 is 24.2 Å². The molecule has 1 unspecified atom stereocenters. The van der Waals surface area contributed by atoms with Crippen LogP contribution in [0.15, 0.2) is 48.5 Å². The van der Waals surface area contributed by atoms with E-state index in [1.807, 2.05) is 24.3 Å². The summed E-state index contributed by atoms with van der Waals surface area (Å²) in [5.41, 5.74) is 3.92. The molecule has 1 atom stereocenters. The molecule has 7 heteroatoms. The first kappa shape index (κ1) is 20.0. The quantitative estimate of drug-likeness (QED) is 0.816. The maximum Gasteiger partial charge on any atom is 0.409 e. The molecule has 1 spiro atoms. The molecule has 31 heavy (non-hydrogen) atoms. The summed E-state index contributed by atoms with van der Waals surface area (Å²) in [5.74, 6) is -1.10. The molecule has 0 aromatic heterocycles. The van der Waals surface area contributed by atoms with E-state index in [9.17, 15) is 14.7 Å². The number of carbonyl (C=O) groups is 2. The van der Waals surface area contributed by atoms with Crippen LogP contribution in [0.1, 0.15) is 29.9 Å². The summed E-state index contributed by atoms with van der Waals surface area (Å²) in [6, 6.07) is 16.3. The summed E-state index contributed by atoms with van der Waals surface area (Å²) in [6.07, 6.45) is -0.442. The lowest BCUT2D eigenvalue weighted by Gasteiger charge is -2.46. The zero-order chi connectivity index (χ0) is 21.4. The number of ether oxygens (including phenoxy) is 3. The van der Waals surface area contributed by atoms with Crippen molar-refractivity contribution in [3.8, 4) is 11.1 Å². The maximum absolute atomic E-state index is 13.0. The molecule has 7 nitrogen and oxygen atoms in total. The van der Waals surface area contributed by atoms with Crippen LogP contribution >= 0.6 is 0 Å². The Hall–Kier alpha value is -2.90. The van der Waals surface area contributed by atoms with Crippen LogP contribution in [0.4, 0.5) is 4.79 Å². The number of carboxylic acid groups (broad SMARTS) is 1. The number of fused-ring (bicyclic) bond motifs is 3. The third kappa shape index (κ3) is 3.68. The van der Waals surface area contributed by atoms with Crippen LogP contribution in [-0.4, -0.2) is 66.7 Å². The molecule has 0 bridgehead atoms. The Morgan fingerprint density at radius 1 is 1.03 bits per heavy atom. The van der Waals surface area contributed by atoms with Crippen molar-refractivity contribution in [1.82, 2.24) is 4.90 Å². The number of hydrogen-bond acceptors (Lipinski definition) is 5. The van der Waals surface area contributed by atoms with Crippen LogP contribution in [0.5, 0.6) is 0 Å². The Labute approximate surface area is 180 Å². The molecule has 1 amide bonds. The molecular formula is C24H25NO6. The minimum absolute atomic E-state index is 0.0192. The highest BCUT2D eigenvalue weighted by molar-refractivity contribution is 5.79. The molecule has 2 aromatic carbocycles. The van der Waals surface area contributed by atoms with Gasteiger partial charge in [-0.25, -0.2) is 9.59 Å². The van der Waals surface area contributed by atoms with E-state index in [2.05, 4.69) is 24.3 Å². The topological polar surface area (TPSA) is 85.3 Å². The van der Waals surface area contributed by atoms with Crippen molar-refractivity contribution in [2.45, 2.75) is 30.5 Å². The van der Waals surface area contributed by atoms with Gasteiger partial charge in [-0.15, -0.1) is 0 Å². The average molecular weight is 423 g/mol. The van der Waals surface area contributed by atoms with E-state index in [0.717, 1.165) is 22.3 Å². The van der Waals surface area contributed by atoms with E-state index in [1.54, 1.807) is 0 Å². The molecule has 2 heterocycles. The van der Waals surface area contributed by atoms with Gasteiger partial charge in [0, 0.05) is 32.0 Å². The lowest BCUT2D eigenvalue weighted by molar-refractivity contribution is -0.199. The fourth-order valence-corrected chi connectivity index (χ4v) is 4.96. The summed E-state index contributed by atoms with van der Waals surface area (Å²) >= 11 is 0. The molecule has 0 saturated carbocycles. The Bertz CT molecular complexity index is 954. The fourth-order valence-electron chi connectivity index (χ4n) is 4.96. The van der Waals surface area contributed by atoms with Gasteiger partial charge in [0.1, 0.15) is 6.61 Å². The van der Waals surface area contributed by atoms with Crippen molar-refractivity contribution in [2.75, 3.05) is 32.9 Å². The highest BCUT2D eigenvalue weighted by Gasteiger charge is 2.46. The number of morpholine rings is 1. The van der Waals surface area contributed by atoms with E-state index in [4.69, 9.17) is 14.2 Å². The Balaban J connectivity index is 1.33. The van der Waals surface area contributed by atoms with E-state index in [1.165, 1.54) is 4.90 Å². The van der Waals surface area contributed by atoms with Gasteiger partial charge in [-0.05, 0) is 22.3 Å². The van der Waals surface area contributed by atoms with E-state index >= 15 is 0 Å². The SMILES string of the molecule is O=C(O)C1CN(C(=O)OCC2c3ccccc3-c3ccccc32)CC2(CCOCC2)O1. The number of hydrogen-bond donors (Lipinski definition) is 1. The van der Waals surface area contributed by atoms with E-state index in [0.29, 0.717) is 32.6 Å². The molecule has 3 aliphatic rings. The molecule has 0 radical (unpaired) electrons. The van der Waals surface area contributed by atoms with Gasteiger partial charge in [-0.3, -0.25) is 0 Å². The molecule has 5 rings (SSSR count). The van der Waals surface area contributed by atoms with Gasteiger partial charge in [-0.1, -0.05) is 48.5 Å². The zero-order valence-electron chi connectivity index (χ0n) is 17.2. The second-order valence-corrected chi connectivity index (χ2v) is 8.42. The van der Waals surface area contributed by atoms with E-state index in [-0.39, 0.29) is 19.1 Å². The highest BCUT2D eigenvalue weighted by Crippen LogP contribution is 2.44. The third-order valence-electron chi connectivity index (χ3n) is 6.53. The number of carbonyl (C=O) groups excluding carboxylic acids is 1. The molecule has 2 aliphatic heterocycles. The smallest absolute Gasteiger partial charge is 0.409 e. The van der Waals surface area contributed by atoms with Gasteiger partial charge in [0.05, 0.1) is 18.7 Å². The average Bonchev–Trinajstić information content (AvgIpc) is 3.11. The largest absolute Gasteiger partial charge is 0.479 e. The minimum atomic E-state index is -1.07. The van der Waals surface area contributed by atoms with Gasteiger partial charge in [0.2, 0.25) is 0 Å². The highest BCUT2D eigenvalue weighted by atomic mass is 16.6. The van der Waals surface area contributed by atoms with Crippen LogP contribution in [0.2, 0.25) is 0 Å². The number of rotatable bonds is 3. The van der Waals surface area contributed by atoms with Crippen molar-refractivity contribution in [3.05, 3.63) is 59.7 Å². The second kappa shape index (κ2) is 7.98. The van der Waals surface area contributed by atoms with Crippen LogP contribution in [0.25, 0.3) is 11.1 Å². The number of nitrogens with zero attached hydrogens (tertiary/aromatic N) is 1. The number of amides is 1. The fraction of sp³-hybridized carbons (Fsp3) is 0.417. The lowest BCUT2D eigenvalue weighted by Crippen LogP contribution is -2.60. The summed E-state index contributed by atoms with van der Waals surface area (Å²) in [5, 5.41) is 9.54. The van der Waals surface area contributed by atoms with Crippen molar-refractivity contribution in [3.63, 3.8) is 0 Å². The van der Waals surface area contributed by atoms with E-state index < -0.39 is 23.8 Å². The molecule has 2 aromatic rings. The molecule has 2 saturated heterocycles. The zero-order valence-corrected chi connectivity index (χ0v) is 17.2. The molecule has 162 valence electrons. The van der Waals surface area contributed by atoms with Crippen LogP contribution in [0, 0.1) is 0 Å². The summed E-state index contributed by atoms with van der Waals surface area (Å²) in [6.45, 7) is 1.49. The van der Waals surface area contributed by atoms with Crippen LogP contribution in [0.3, 0.4) is 0 Å². The van der Waals surface area contributed by atoms with Crippen molar-refractivity contribution in [1.29, 1.82) is 0 Å². The number of aliphatic carboxylic acids is 1. The molecule has 1 N–H and O–H groups in total. The number of carboxylic acids is 1. The predicted octanol–water partition coefficient (Wildman–Crippen LogP) is 3.27. The van der Waals surface area contributed by atoms with Crippen LogP contribution < -0.4 is 0 Å². The standard InChI is InChI=1S/C24H25NO6/c26-22(27)21-13-25(15-24(31-21)9-11-29-12-10-24)23(28)30-14-20-18-7-3-1-5-16(18)17-6-2-4-8-19(17)20/h1-8,20-21H,9-15H2,(H,26,27). The Morgan fingerprint density at radius 2 is 1.65 bits per heavy atom. The molecule has 2 fully saturated rings. The monoisotopic (exact) mass is 423 g/mol. The first-order valence-electron chi connectivity index (χ1n) is 10.6. The first-order chi connectivity index (χ1) is 15.1. The van der Waals surface area contributed by atoms with Gasteiger partial charge in [0.15, 0.2) is 6.10 Å².